The molecule has 1 atom stereocenters. The molecule has 0 aromatic heterocycles. The summed E-state index contributed by atoms with van der Waals surface area (Å²) in [6.07, 6.45) is -0.141. The third-order valence-electron chi connectivity index (χ3n) is 3.56. The van der Waals surface area contributed by atoms with Crippen LogP contribution in [0.4, 0.5) is 8.78 Å². The zero-order valence-electron chi connectivity index (χ0n) is 11.1. The van der Waals surface area contributed by atoms with Crippen molar-refractivity contribution < 1.29 is 18.6 Å². The Hall–Kier alpha value is -1.46. The van der Waals surface area contributed by atoms with E-state index in [-0.39, 0.29) is 12.0 Å². The molecule has 110 valence electrons. The first-order chi connectivity index (χ1) is 10.0. The van der Waals surface area contributed by atoms with Gasteiger partial charge in [-0.15, -0.1) is 0 Å². The summed E-state index contributed by atoms with van der Waals surface area (Å²) in [6.45, 7) is 0.600. The minimum absolute atomic E-state index is 0.0401. The van der Waals surface area contributed by atoms with Gasteiger partial charge in [0.05, 0.1) is 12.7 Å². The molecule has 1 N–H and O–H groups in total. The van der Waals surface area contributed by atoms with Gasteiger partial charge >= 0.3 is 0 Å². The Morgan fingerprint density at radius 1 is 1.24 bits per heavy atom. The third kappa shape index (κ3) is 2.94. The zero-order chi connectivity index (χ0) is 15.0. The van der Waals surface area contributed by atoms with E-state index in [1.165, 1.54) is 0 Å². The van der Waals surface area contributed by atoms with Crippen LogP contribution >= 0.6 is 15.9 Å². The summed E-state index contributed by atoms with van der Waals surface area (Å²) in [6, 6.07) is 6.89. The maximum atomic E-state index is 13.7. The Morgan fingerprint density at radius 3 is 2.86 bits per heavy atom. The van der Waals surface area contributed by atoms with Crippen LogP contribution in [0.5, 0.6) is 5.75 Å². The van der Waals surface area contributed by atoms with Crippen LogP contribution in [-0.4, -0.2) is 11.7 Å². The highest BCUT2D eigenvalue weighted by Crippen LogP contribution is 2.35. The lowest BCUT2D eigenvalue weighted by atomic mass is 9.98. The van der Waals surface area contributed by atoms with Crippen LogP contribution in [0.3, 0.4) is 0 Å². The Labute approximate surface area is 129 Å². The van der Waals surface area contributed by atoms with Gasteiger partial charge < -0.3 is 9.84 Å². The highest BCUT2D eigenvalue weighted by atomic mass is 79.9. The van der Waals surface area contributed by atoms with E-state index in [0.29, 0.717) is 6.61 Å². The van der Waals surface area contributed by atoms with Crippen molar-refractivity contribution in [3.05, 3.63) is 63.1 Å². The topological polar surface area (TPSA) is 29.5 Å². The fourth-order valence-electron chi connectivity index (χ4n) is 2.59. The molecule has 2 aromatic carbocycles. The van der Waals surface area contributed by atoms with Crippen molar-refractivity contribution in [2.45, 2.75) is 18.9 Å². The summed E-state index contributed by atoms with van der Waals surface area (Å²) in [5.41, 5.74) is 1.81. The van der Waals surface area contributed by atoms with Gasteiger partial charge in [-0.05, 0) is 41.5 Å². The fourth-order valence-corrected chi connectivity index (χ4v) is 3.14. The second kappa shape index (κ2) is 5.73. The van der Waals surface area contributed by atoms with Gasteiger partial charge in [-0.3, -0.25) is 0 Å². The van der Waals surface area contributed by atoms with Gasteiger partial charge in [0.1, 0.15) is 17.4 Å². The number of fused-ring (bicyclic) bond motifs is 1. The fraction of sp³-hybridized carbons (Fsp3) is 0.250. The Morgan fingerprint density at radius 2 is 2.05 bits per heavy atom. The molecule has 21 heavy (non-hydrogen) atoms. The quantitative estimate of drug-likeness (QED) is 0.904. The standard InChI is InChI=1S/C16H13BrF2O2/c17-11-5-9-3-4-21-16(9)10(6-11)7-15(20)13-8-12(18)1-2-14(13)19/h1-2,5-6,8,15,20H,3-4,7H2. The number of benzene rings is 2. The second-order valence-electron chi connectivity index (χ2n) is 5.04. The summed E-state index contributed by atoms with van der Waals surface area (Å²) in [7, 11) is 0. The van der Waals surface area contributed by atoms with Crippen molar-refractivity contribution >= 4 is 15.9 Å². The molecule has 2 aromatic rings. The monoisotopic (exact) mass is 354 g/mol. The van der Waals surface area contributed by atoms with Gasteiger partial charge in [-0.25, -0.2) is 8.78 Å². The predicted octanol–water partition coefficient (Wildman–Crippen LogP) is 3.94. The van der Waals surface area contributed by atoms with Gasteiger partial charge in [-0.2, -0.15) is 0 Å². The highest BCUT2D eigenvalue weighted by Gasteiger charge is 2.21. The SMILES string of the molecule is OC(Cc1cc(Br)cc2c1OCC2)c1cc(F)ccc1F. The maximum absolute atomic E-state index is 13.7. The van der Waals surface area contributed by atoms with Crippen LogP contribution in [0.25, 0.3) is 0 Å². The van der Waals surface area contributed by atoms with Crippen molar-refractivity contribution in [1.29, 1.82) is 0 Å². The molecule has 0 saturated carbocycles. The number of aliphatic hydroxyl groups excluding tert-OH is 1. The highest BCUT2D eigenvalue weighted by molar-refractivity contribution is 9.10. The molecule has 0 spiro atoms. The number of rotatable bonds is 3. The van der Waals surface area contributed by atoms with Crippen LogP contribution in [0.15, 0.2) is 34.8 Å². The van der Waals surface area contributed by atoms with Crippen molar-refractivity contribution in [3.8, 4) is 5.75 Å². The summed E-state index contributed by atoms with van der Waals surface area (Å²) in [4.78, 5) is 0. The van der Waals surface area contributed by atoms with Crippen molar-refractivity contribution in [2.75, 3.05) is 6.61 Å². The third-order valence-corrected chi connectivity index (χ3v) is 4.01. The molecule has 1 aliphatic heterocycles. The minimum Gasteiger partial charge on any atom is -0.493 e. The first kappa shape index (κ1) is 14.5. The van der Waals surface area contributed by atoms with Crippen molar-refractivity contribution in [1.82, 2.24) is 0 Å². The average molecular weight is 355 g/mol. The van der Waals surface area contributed by atoms with Crippen LogP contribution in [-0.2, 0) is 12.8 Å². The van der Waals surface area contributed by atoms with E-state index in [4.69, 9.17) is 4.74 Å². The molecular weight excluding hydrogens is 342 g/mol. The van der Waals surface area contributed by atoms with Crippen LogP contribution in [0, 0.1) is 11.6 Å². The Balaban J connectivity index is 1.92. The largest absolute Gasteiger partial charge is 0.493 e. The average Bonchev–Trinajstić information content (AvgIpc) is 2.89. The number of ether oxygens (including phenoxy) is 1. The van der Waals surface area contributed by atoms with E-state index in [2.05, 4.69) is 15.9 Å². The second-order valence-corrected chi connectivity index (χ2v) is 5.95. The molecule has 0 aliphatic carbocycles. The lowest BCUT2D eigenvalue weighted by molar-refractivity contribution is 0.171. The van der Waals surface area contributed by atoms with Crippen molar-refractivity contribution in [2.24, 2.45) is 0 Å². The molecule has 0 fully saturated rings. The normalized spacial score (nSPS) is 14.7. The van der Waals surface area contributed by atoms with Gasteiger partial charge in [0.25, 0.3) is 0 Å². The summed E-state index contributed by atoms with van der Waals surface area (Å²) in [5, 5.41) is 10.2. The van der Waals surface area contributed by atoms with E-state index >= 15 is 0 Å². The molecular formula is C16H13BrF2O2. The minimum atomic E-state index is -1.12. The summed E-state index contributed by atoms with van der Waals surface area (Å²) >= 11 is 3.42. The number of aliphatic hydroxyl groups is 1. The van der Waals surface area contributed by atoms with E-state index in [1.807, 2.05) is 12.1 Å². The molecule has 1 aliphatic rings. The van der Waals surface area contributed by atoms with E-state index in [0.717, 1.165) is 46.0 Å². The number of halogens is 3. The summed E-state index contributed by atoms with van der Waals surface area (Å²) in [5.74, 6) is -0.438. The van der Waals surface area contributed by atoms with Crippen LogP contribution < -0.4 is 4.74 Å². The maximum Gasteiger partial charge on any atom is 0.129 e. The Kier molecular flexibility index (Phi) is 3.95. The van der Waals surface area contributed by atoms with Gasteiger partial charge in [0.2, 0.25) is 0 Å². The van der Waals surface area contributed by atoms with Crippen LogP contribution in [0.2, 0.25) is 0 Å². The number of hydrogen-bond acceptors (Lipinski definition) is 2. The number of hydrogen-bond donors (Lipinski definition) is 1. The molecule has 5 heteroatoms. The summed E-state index contributed by atoms with van der Waals surface area (Å²) < 4.78 is 33.4. The smallest absolute Gasteiger partial charge is 0.129 e. The molecule has 0 saturated heterocycles. The van der Waals surface area contributed by atoms with Crippen LogP contribution in [0.1, 0.15) is 22.8 Å². The van der Waals surface area contributed by atoms with E-state index in [9.17, 15) is 13.9 Å². The molecule has 0 radical (unpaired) electrons. The molecule has 3 rings (SSSR count). The van der Waals surface area contributed by atoms with Gasteiger partial charge in [0.15, 0.2) is 0 Å². The Bertz CT molecular complexity index is 688. The molecule has 1 unspecified atom stereocenters. The lowest BCUT2D eigenvalue weighted by Crippen LogP contribution is -2.06. The lowest BCUT2D eigenvalue weighted by Gasteiger charge is -2.15. The molecule has 0 bridgehead atoms. The zero-order valence-corrected chi connectivity index (χ0v) is 12.7. The molecule has 0 amide bonds. The first-order valence-electron chi connectivity index (χ1n) is 6.61. The van der Waals surface area contributed by atoms with Gasteiger partial charge in [-0.1, -0.05) is 15.9 Å². The first-order valence-corrected chi connectivity index (χ1v) is 7.41. The van der Waals surface area contributed by atoms with Gasteiger partial charge in [0, 0.05) is 22.9 Å². The predicted molar refractivity (Wildman–Crippen MR) is 78.4 cm³/mol. The molecule has 2 nitrogen and oxygen atoms in total. The van der Waals surface area contributed by atoms with E-state index in [1.54, 1.807) is 0 Å². The molecule has 1 heterocycles. The van der Waals surface area contributed by atoms with Crippen molar-refractivity contribution in [3.63, 3.8) is 0 Å². The van der Waals surface area contributed by atoms with E-state index < -0.39 is 17.7 Å².